The highest BCUT2D eigenvalue weighted by Crippen LogP contribution is 2.23. The number of aliphatic hydroxyl groups excluding tert-OH is 1. The van der Waals surface area contributed by atoms with Crippen molar-refractivity contribution in [2.75, 3.05) is 13.2 Å². The van der Waals surface area contributed by atoms with Crippen molar-refractivity contribution in [3.63, 3.8) is 0 Å². The lowest BCUT2D eigenvalue weighted by molar-refractivity contribution is 0.0298. The molecule has 0 aliphatic carbocycles. The van der Waals surface area contributed by atoms with Gasteiger partial charge in [-0.05, 0) is 31.5 Å². The topological polar surface area (TPSA) is 41.5 Å². The monoisotopic (exact) mass is 257 g/mol. The zero-order valence-corrected chi connectivity index (χ0v) is 10.2. The van der Waals surface area contributed by atoms with Crippen molar-refractivity contribution in [3.8, 4) is 0 Å². The average Bonchev–Trinajstić information content (AvgIpc) is 2.32. The number of morpholine rings is 1. The maximum Gasteiger partial charge on any atom is 0.129 e. The van der Waals surface area contributed by atoms with E-state index >= 15 is 0 Å². The molecule has 100 valence electrons. The third-order valence-electron chi connectivity index (χ3n) is 3.03. The van der Waals surface area contributed by atoms with E-state index in [-0.39, 0.29) is 17.6 Å². The lowest BCUT2D eigenvalue weighted by atomic mass is 10.0. The number of hydrogen-bond donors (Lipinski definition) is 2. The normalized spacial score (nSPS) is 26.0. The summed E-state index contributed by atoms with van der Waals surface area (Å²) in [5, 5.41) is 13.2. The van der Waals surface area contributed by atoms with Gasteiger partial charge in [-0.25, -0.2) is 8.78 Å². The molecule has 3 unspecified atom stereocenters. The van der Waals surface area contributed by atoms with Gasteiger partial charge in [0.2, 0.25) is 0 Å². The summed E-state index contributed by atoms with van der Waals surface area (Å²) in [7, 11) is 0. The Morgan fingerprint density at radius 1 is 1.44 bits per heavy atom. The van der Waals surface area contributed by atoms with E-state index < -0.39 is 17.7 Å². The van der Waals surface area contributed by atoms with Gasteiger partial charge in [0.1, 0.15) is 11.6 Å². The van der Waals surface area contributed by atoms with Crippen LogP contribution in [0.1, 0.15) is 25.0 Å². The Hall–Kier alpha value is -1.04. The molecule has 1 aliphatic heterocycles. The Kier molecular flexibility index (Phi) is 4.27. The quantitative estimate of drug-likeness (QED) is 0.867. The van der Waals surface area contributed by atoms with Gasteiger partial charge in [-0.15, -0.1) is 0 Å². The van der Waals surface area contributed by atoms with E-state index in [1.54, 1.807) is 0 Å². The van der Waals surface area contributed by atoms with E-state index in [2.05, 4.69) is 5.32 Å². The number of benzene rings is 1. The van der Waals surface area contributed by atoms with E-state index in [9.17, 15) is 13.9 Å². The van der Waals surface area contributed by atoms with Gasteiger partial charge >= 0.3 is 0 Å². The molecule has 0 saturated carbocycles. The van der Waals surface area contributed by atoms with Crippen LogP contribution in [0.4, 0.5) is 8.78 Å². The fraction of sp³-hybridized carbons (Fsp3) is 0.538. The molecular weight excluding hydrogens is 240 g/mol. The summed E-state index contributed by atoms with van der Waals surface area (Å²) in [5.74, 6) is -1.14. The molecule has 1 saturated heterocycles. The van der Waals surface area contributed by atoms with Crippen LogP contribution in [0.5, 0.6) is 0 Å². The second kappa shape index (κ2) is 5.73. The van der Waals surface area contributed by atoms with Crippen LogP contribution in [0.15, 0.2) is 18.2 Å². The minimum atomic E-state index is -1.04. The lowest BCUT2D eigenvalue weighted by Crippen LogP contribution is -2.47. The minimum Gasteiger partial charge on any atom is -0.388 e. The minimum absolute atomic E-state index is 0.00461. The number of aliphatic hydroxyl groups is 1. The number of rotatable bonds is 3. The largest absolute Gasteiger partial charge is 0.388 e. The van der Waals surface area contributed by atoms with Crippen molar-refractivity contribution in [1.82, 2.24) is 5.32 Å². The summed E-state index contributed by atoms with van der Waals surface area (Å²) in [5.41, 5.74) is -0.00461. The van der Waals surface area contributed by atoms with E-state index in [1.807, 2.05) is 6.92 Å². The third-order valence-corrected chi connectivity index (χ3v) is 3.03. The number of halogens is 2. The molecule has 1 aliphatic rings. The summed E-state index contributed by atoms with van der Waals surface area (Å²) < 4.78 is 31.8. The Morgan fingerprint density at radius 3 is 2.94 bits per heavy atom. The number of hydrogen-bond acceptors (Lipinski definition) is 3. The predicted molar refractivity (Wildman–Crippen MR) is 63.1 cm³/mol. The maximum atomic E-state index is 13.5. The molecular formula is C13H17F2NO2. The van der Waals surface area contributed by atoms with Crippen LogP contribution in [0.3, 0.4) is 0 Å². The summed E-state index contributed by atoms with van der Waals surface area (Å²) in [6.07, 6.45) is -0.739. The molecule has 1 aromatic carbocycles. The van der Waals surface area contributed by atoms with Crippen molar-refractivity contribution in [1.29, 1.82) is 0 Å². The molecule has 0 bridgehead atoms. The van der Waals surface area contributed by atoms with E-state index in [1.165, 1.54) is 0 Å². The molecule has 1 heterocycles. The molecule has 0 spiro atoms. The third kappa shape index (κ3) is 3.25. The molecule has 1 aromatic rings. The smallest absolute Gasteiger partial charge is 0.129 e. The van der Waals surface area contributed by atoms with Gasteiger partial charge < -0.3 is 15.2 Å². The van der Waals surface area contributed by atoms with Crippen LogP contribution >= 0.6 is 0 Å². The summed E-state index contributed by atoms with van der Waals surface area (Å²) in [4.78, 5) is 0. The van der Waals surface area contributed by atoms with Crippen molar-refractivity contribution in [2.45, 2.75) is 31.5 Å². The molecule has 0 aromatic heterocycles. The SMILES string of the molecule is CC1COCC(CC(O)c2cc(F)ccc2F)N1. The van der Waals surface area contributed by atoms with Gasteiger partial charge in [-0.2, -0.15) is 0 Å². The molecule has 0 radical (unpaired) electrons. The molecule has 18 heavy (non-hydrogen) atoms. The van der Waals surface area contributed by atoms with Gasteiger partial charge in [-0.3, -0.25) is 0 Å². The van der Waals surface area contributed by atoms with Gasteiger partial charge in [-0.1, -0.05) is 0 Å². The summed E-state index contributed by atoms with van der Waals surface area (Å²) in [6.45, 7) is 3.07. The van der Waals surface area contributed by atoms with Crippen molar-refractivity contribution >= 4 is 0 Å². The second-order valence-electron chi connectivity index (χ2n) is 4.72. The average molecular weight is 257 g/mol. The summed E-state index contributed by atoms with van der Waals surface area (Å²) in [6, 6.07) is 3.25. The lowest BCUT2D eigenvalue weighted by Gasteiger charge is -2.30. The van der Waals surface area contributed by atoms with Gasteiger partial charge in [0.15, 0.2) is 0 Å². The molecule has 1 fully saturated rings. The van der Waals surface area contributed by atoms with Gasteiger partial charge in [0.25, 0.3) is 0 Å². The molecule has 2 N–H and O–H groups in total. The Balaban J connectivity index is 2.02. The van der Waals surface area contributed by atoms with E-state index in [0.29, 0.717) is 19.6 Å². The van der Waals surface area contributed by atoms with Crippen molar-refractivity contribution < 1.29 is 18.6 Å². The van der Waals surface area contributed by atoms with Crippen LogP contribution in [0.25, 0.3) is 0 Å². The first-order valence-corrected chi connectivity index (χ1v) is 6.03. The van der Waals surface area contributed by atoms with E-state index in [4.69, 9.17) is 4.74 Å². The molecule has 2 rings (SSSR count). The number of nitrogens with one attached hydrogen (secondary N) is 1. The Bertz CT molecular complexity index is 414. The first-order valence-electron chi connectivity index (χ1n) is 6.03. The van der Waals surface area contributed by atoms with Crippen LogP contribution in [-0.2, 0) is 4.74 Å². The molecule has 5 heteroatoms. The predicted octanol–water partition coefficient (Wildman–Crippen LogP) is 1.77. The second-order valence-corrected chi connectivity index (χ2v) is 4.72. The highest BCUT2D eigenvalue weighted by atomic mass is 19.1. The first-order chi connectivity index (χ1) is 8.56. The highest BCUT2D eigenvalue weighted by Gasteiger charge is 2.23. The molecule has 3 atom stereocenters. The fourth-order valence-electron chi connectivity index (χ4n) is 2.19. The van der Waals surface area contributed by atoms with Crippen molar-refractivity contribution in [3.05, 3.63) is 35.4 Å². The Morgan fingerprint density at radius 2 is 2.22 bits per heavy atom. The standard InChI is InChI=1S/C13H17F2NO2/c1-8-6-18-7-10(16-8)5-13(17)11-4-9(14)2-3-12(11)15/h2-4,8,10,13,16-17H,5-7H2,1H3. The van der Waals surface area contributed by atoms with Crippen LogP contribution in [0.2, 0.25) is 0 Å². The van der Waals surface area contributed by atoms with Crippen LogP contribution in [-0.4, -0.2) is 30.4 Å². The fourth-order valence-corrected chi connectivity index (χ4v) is 2.19. The maximum absolute atomic E-state index is 13.5. The van der Waals surface area contributed by atoms with Gasteiger partial charge in [0, 0.05) is 17.6 Å². The molecule has 0 amide bonds. The van der Waals surface area contributed by atoms with Crippen LogP contribution < -0.4 is 5.32 Å². The zero-order valence-electron chi connectivity index (χ0n) is 10.2. The van der Waals surface area contributed by atoms with Crippen molar-refractivity contribution in [2.24, 2.45) is 0 Å². The Labute approximate surface area is 105 Å². The number of ether oxygens (including phenoxy) is 1. The summed E-state index contributed by atoms with van der Waals surface area (Å²) >= 11 is 0. The zero-order chi connectivity index (χ0) is 13.1. The molecule has 3 nitrogen and oxygen atoms in total. The van der Waals surface area contributed by atoms with Gasteiger partial charge in [0.05, 0.1) is 19.3 Å². The first kappa shape index (κ1) is 13.4. The van der Waals surface area contributed by atoms with Crippen LogP contribution in [0, 0.1) is 11.6 Å². The van der Waals surface area contributed by atoms with E-state index in [0.717, 1.165) is 18.2 Å². The highest BCUT2D eigenvalue weighted by molar-refractivity contribution is 5.21.